The maximum Gasteiger partial charge on any atom is 0.322 e. The lowest BCUT2D eigenvalue weighted by Crippen LogP contribution is -2.35. The van der Waals surface area contributed by atoms with Gasteiger partial charge in [-0.1, -0.05) is 11.2 Å². The Balaban J connectivity index is 2.19. The maximum absolute atomic E-state index is 12.6. The molecule has 140 valence electrons. The third kappa shape index (κ3) is 3.03. The normalized spacial score (nSPS) is 10.9. The summed E-state index contributed by atoms with van der Waals surface area (Å²) in [6.45, 7) is 2.90. The Kier molecular flexibility index (Phi) is 4.44. The van der Waals surface area contributed by atoms with Gasteiger partial charge in [0.15, 0.2) is 0 Å². The first-order valence-electron chi connectivity index (χ1n) is 8.01. The van der Waals surface area contributed by atoms with Crippen molar-refractivity contribution >= 4 is 22.8 Å². The Morgan fingerprint density at radius 1 is 1.30 bits per heavy atom. The molecule has 0 saturated carbocycles. The molecule has 9 heteroatoms. The molecule has 3 rings (SSSR count). The van der Waals surface area contributed by atoms with Gasteiger partial charge in [-0.2, -0.15) is 0 Å². The van der Waals surface area contributed by atoms with E-state index in [-0.39, 0.29) is 5.39 Å². The van der Waals surface area contributed by atoms with Crippen LogP contribution in [0.15, 0.2) is 27.5 Å². The average Bonchev–Trinajstić information content (AvgIpc) is 2.96. The summed E-state index contributed by atoms with van der Waals surface area (Å²) in [5, 5.41) is 25.4. The van der Waals surface area contributed by atoms with Crippen molar-refractivity contribution in [1.29, 1.82) is 0 Å². The molecule has 0 radical (unpaired) electrons. The summed E-state index contributed by atoms with van der Waals surface area (Å²) in [7, 11) is 1.47. The van der Waals surface area contributed by atoms with Crippen LogP contribution in [0.4, 0.5) is 0 Å². The number of hydrogen-bond acceptors (Lipinski definition) is 6. The highest BCUT2D eigenvalue weighted by Crippen LogP contribution is 2.32. The van der Waals surface area contributed by atoms with E-state index in [9.17, 15) is 19.5 Å². The minimum absolute atomic E-state index is 0.285. The molecular formula is C18H17N3O6. The number of aryl methyl sites for hydroxylation is 3. The summed E-state index contributed by atoms with van der Waals surface area (Å²) < 4.78 is 6.40. The molecule has 3 aromatic rings. The molecule has 0 saturated heterocycles. The number of aromatic hydroxyl groups is 1. The number of carbonyl (C=O) groups is 2. The lowest BCUT2D eigenvalue weighted by Gasteiger charge is -2.13. The van der Waals surface area contributed by atoms with Gasteiger partial charge in [0.1, 0.15) is 23.6 Å². The van der Waals surface area contributed by atoms with E-state index >= 15 is 0 Å². The molecule has 0 fully saturated rings. The highest BCUT2D eigenvalue weighted by molar-refractivity contribution is 6.03. The van der Waals surface area contributed by atoms with Crippen molar-refractivity contribution in [2.24, 2.45) is 7.05 Å². The first kappa shape index (κ1) is 18.2. The number of pyridine rings is 1. The van der Waals surface area contributed by atoms with E-state index in [1.165, 1.54) is 11.6 Å². The minimum atomic E-state index is -1.26. The smallest absolute Gasteiger partial charge is 0.322 e. The number of nitrogens with zero attached hydrogens (tertiary/aromatic N) is 2. The molecule has 9 nitrogen and oxygen atoms in total. The van der Waals surface area contributed by atoms with Crippen LogP contribution in [0.5, 0.6) is 5.75 Å². The predicted octanol–water partition coefficient (Wildman–Crippen LogP) is 1.33. The summed E-state index contributed by atoms with van der Waals surface area (Å²) in [5.41, 5.74) is 1.38. The monoisotopic (exact) mass is 371 g/mol. The fourth-order valence-electron chi connectivity index (χ4n) is 3.02. The van der Waals surface area contributed by atoms with Gasteiger partial charge in [-0.05, 0) is 31.5 Å². The molecule has 27 heavy (non-hydrogen) atoms. The van der Waals surface area contributed by atoms with E-state index in [0.29, 0.717) is 17.0 Å². The standard InChI is InChI=1S/C18H17N3O6/c1-8-14(9(2)27-20-8)10-4-5-11-12(6-10)21(3)18(26)15(16(11)24)17(25)19-7-13(22)23/h4-6,24H,7H2,1-3H3,(H,19,25)(H,22,23). The second kappa shape index (κ2) is 6.60. The third-order valence-electron chi connectivity index (χ3n) is 4.32. The number of amides is 1. The van der Waals surface area contributed by atoms with E-state index in [4.69, 9.17) is 9.63 Å². The average molecular weight is 371 g/mol. The Labute approximate surface area is 152 Å². The number of carbonyl (C=O) groups excluding carboxylic acids is 1. The Morgan fingerprint density at radius 3 is 2.59 bits per heavy atom. The molecule has 2 heterocycles. The SMILES string of the molecule is Cc1noc(C)c1-c1ccc2c(O)c(C(=O)NCC(=O)O)c(=O)n(C)c2c1. The van der Waals surface area contributed by atoms with Gasteiger partial charge in [0, 0.05) is 18.0 Å². The number of nitrogens with one attached hydrogen (secondary N) is 1. The van der Waals surface area contributed by atoms with Crippen molar-refractivity contribution in [2.45, 2.75) is 13.8 Å². The van der Waals surface area contributed by atoms with E-state index in [1.807, 2.05) is 0 Å². The maximum atomic E-state index is 12.6. The fourth-order valence-corrected chi connectivity index (χ4v) is 3.02. The molecule has 0 bridgehead atoms. The number of rotatable bonds is 4. The van der Waals surface area contributed by atoms with E-state index in [0.717, 1.165) is 11.1 Å². The van der Waals surface area contributed by atoms with Gasteiger partial charge in [0.25, 0.3) is 11.5 Å². The van der Waals surface area contributed by atoms with E-state index < -0.39 is 35.3 Å². The van der Waals surface area contributed by atoms with Crippen LogP contribution in [-0.4, -0.2) is 38.4 Å². The van der Waals surface area contributed by atoms with Crippen molar-refractivity contribution in [3.8, 4) is 16.9 Å². The highest BCUT2D eigenvalue weighted by atomic mass is 16.5. The Morgan fingerprint density at radius 2 is 2.00 bits per heavy atom. The molecule has 1 aromatic carbocycles. The second-order valence-electron chi connectivity index (χ2n) is 6.10. The van der Waals surface area contributed by atoms with Crippen molar-refractivity contribution in [2.75, 3.05) is 6.54 Å². The molecule has 2 aromatic heterocycles. The second-order valence-corrected chi connectivity index (χ2v) is 6.10. The van der Waals surface area contributed by atoms with Crippen LogP contribution in [0.3, 0.4) is 0 Å². The van der Waals surface area contributed by atoms with Crippen LogP contribution in [0, 0.1) is 13.8 Å². The number of aliphatic carboxylic acids is 1. The van der Waals surface area contributed by atoms with Gasteiger partial charge >= 0.3 is 5.97 Å². The van der Waals surface area contributed by atoms with Crippen LogP contribution >= 0.6 is 0 Å². The lowest BCUT2D eigenvalue weighted by atomic mass is 10.0. The zero-order valence-corrected chi connectivity index (χ0v) is 14.9. The number of benzene rings is 1. The first-order valence-corrected chi connectivity index (χ1v) is 8.01. The summed E-state index contributed by atoms with van der Waals surface area (Å²) in [6, 6.07) is 5.00. The largest absolute Gasteiger partial charge is 0.506 e. The van der Waals surface area contributed by atoms with Gasteiger partial charge in [-0.25, -0.2) is 0 Å². The minimum Gasteiger partial charge on any atom is -0.506 e. The molecule has 1 amide bonds. The van der Waals surface area contributed by atoms with E-state index in [1.54, 1.807) is 32.0 Å². The van der Waals surface area contributed by atoms with Crippen molar-refractivity contribution in [3.05, 3.63) is 45.6 Å². The Hall–Kier alpha value is -3.62. The van der Waals surface area contributed by atoms with Gasteiger partial charge in [0.2, 0.25) is 0 Å². The summed E-state index contributed by atoms with van der Waals surface area (Å²) in [4.78, 5) is 35.4. The zero-order chi connectivity index (χ0) is 19.9. The van der Waals surface area contributed by atoms with Gasteiger partial charge in [-0.3, -0.25) is 14.4 Å². The van der Waals surface area contributed by atoms with Crippen LogP contribution in [-0.2, 0) is 11.8 Å². The lowest BCUT2D eigenvalue weighted by molar-refractivity contribution is -0.135. The van der Waals surface area contributed by atoms with Crippen molar-refractivity contribution < 1.29 is 24.3 Å². The molecule has 0 atom stereocenters. The summed E-state index contributed by atoms with van der Waals surface area (Å²) >= 11 is 0. The first-order chi connectivity index (χ1) is 12.7. The summed E-state index contributed by atoms with van der Waals surface area (Å²) in [6.07, 6.45) is 0. The van der Waals surface area contributed by atoms with Crippen molar-refractivity contribution in [3.63, 3.8) is 0 Å². The zero-order valence-electron chi connectivity index (χ0n) is 14.9. The summed E-state index contributed by atoms with van der Waals surface area (Å²) in [5.74, 6) is -2.09. The predicted molar refractivity (Wildman–Crippen MR) is 95.8 cm³/mol. The molecule has 0 aliphatic rings. The molecule has 0 aliphatic heterocycles. The van der Waals surface area contributed by atoms with Crippen LogP contribution in [0.25, 0.3) is 22.0 Å². The van der Waals surface area contributed by atoms with Crippen LogP contribution in [0.2, 0.25) is 0 Å². The number of hydrogen-bond donors (Lipinski definition) is 3. The topological polar surface area (TPSA) is 135 Å². The van der Waals surface area contributed by atoms with Gasteiger partial charge in [-0.15, -0.1) is 0 Å². The molecule has 3 N–H and O–H groups in total. The Bertz CT molecular complexity index is 1120. The van der Waals surface area contributed by atoms with Crippen LogP contribution in [0.1, 0.15) is 21.8 Å². The van der Waals surface area contributed by atoms with Crippen LogP contribution < -0.4 is 10.9 Å². The number of aromatic nitrogens is 2. The van der Waals surface area contributed by atoms with Crippen molar-refractivity contribution in [1.82, 2.24) is 15.0 Å². The number of fused-ring (bicyclic) bond motifs is 1. The molecule has 0 unspecified atom stereocenters. The molecule has 0 spiro atoms. The number of carboxylic acid groups (broad SMARTS) is 1. The molecule has 0 aliphatic carbocycles. The fraction of sp³-hybridized carbons (Fsp3) is 0.222. The number of carboxylic acids is 1. The third-order valence-corrected chi connectivity index (χ3v) is 4.32. The molecular weight excluding hydrogens is 354 g/mol. The quantitative estimate of drug-likeness (QED) is 0.630. The highest BCUT2D eigenvalue weighted by Gasteiger charge is 2.22. The van der Waals surface area contributed by atoms with Gasteiger partial charge in [0.05, 0.1) is 11.2 Å². The van der Waals surface area contributed by atoms with Gasteiger partial charge < -0.3 is 24.6 Å². The van der Waals surface area contributed by atoms with E-state index in [2.05, 4.69) is 10.5 Å².